The van der Waals surface area contributed by atoms with Crippen LogP contribution in [0, 0.1) is 11.3 Å². The number of hydrogen-bond acceptors (Lipinski definition) is 6. The van der Waals surface area contributed by atoms with Crippen molar-refractivity contribution in [3.63, 3.8) is 0 Å². The molecule has 0 aliphatic heterocycles. The Bertz CT molecular complexity index is 1330. The summed E-state index contributed by atoms with van der Waals surface area (Å²) in [5.74, 6) is -0.182. The molecule has 0 saturated heterocycles. The van der Waals surface area contributed by atoms with Crippen molar-refractivity contribution in [3.05, 3.63) is 82.9 Å². The number of thioether (sulfide) groups is 1. The van der Waals surface area contributed by atoms with Gasteiger partial charge in [0.2, 0.25) is 5.91 Å². The Morgan fingerprint density at radius 2 is 1.97 bits per heavy atom. The molecule has 0 radical (unpaired) electrons. The van der Waals surface area contributed by atoms with E-state index in [9.17, 15) is 14.9 Å². The van der Waals surface area contributed by atoms with Gasteiger partial charge in [-0.2, -0.15) is 5.26 Å². The average molecular weight is 413 g/mol. The summed E-state index contributed by atoms with van der Waals surface area (Å²) in [6.07, 6.45) is 3.12. The van der Waals surface area contributed by atoms with Gasteiger partial charge in [0.15, 0.2) is 5.16 Å². The van der Waals surface area contributed by atoms with Gasteiger partial charge in [0, 0.05) is 23.6 Å². The number of carbonyl (C=O) groups excluding carboxylic acids is 1. The number of hydrogen-bond donors (Lipinski definition) is 2. The number of fused-ring (bicyclic) bond motifs is 1. The van der Waals surface area contributed by atoms with Gasteiger partial charge in [0.05, 0.1) is 11.4 Å². The summed E-state index contributed by atoms with van der Waals surface area (Å²) in [7, 11) is 0. The molecule has 7 nitrogen and oxygen atoms in total. The quantitative estimate of drug-likeness (QED) is 0.382. The summed E-state index contributed by atoms with van der Waals surface area (Å²) in [5.41, 5.74) is 0.850. The zero-order chi connectivity index (χ0) is 20.9. The molecule has 0 bridgehead atoms. The Kier molecular flexibility index (Phi) is 5.54. The fourth-order valence-corrected chi connectivity index (χ4v) is 3.60. The highest BCUT2D eigenvalue weighted by Crippen LogP contribution is 2.22. The van der Waals surface area contributed by atoms with Gasteiger partial charge in [0.1, 0.15) is 11.6 Å². The summed E-state index contributed by atoms with van der Waals surface area (Å²) < 4.78 is 0. The van der Waals surface area contributed by atoms with Crippen LogP contribution in [0.5, 0.6) is 0 Å². The Labute approximate surface area is 175 Å². The maximum Gasteiger partial charge on any atom is 0.270 e. The lowest BCUT2D eigenvalue weighted by atomic mass is 10.1. The van der Waals surface area contributed by atoms with Crippen molar-refractivity contribution < 1.29 is 4.79 Å². The first-order valence-electron chi connectivity index (χ1n) is 9.00. The van der Waals surface area contributed by atoms with Crippen molar-refractivity contribution in [1.29, 1.82) is 5.26 Å². The molecule has 2 aromatic heterocycles. The first kappa shape index (κ1) is 19.4. The number of carbonyl (C=O) groups is 1. The number of pyridine rings is 1. The molecule has 0 aliphatic carbocycles. The van der Waals surface area contributed by atoms with Crippen LogP contribution in [0.1, 0.15) is 5.56 Å². The zero-order valence-corrected chi connectivity index (χ0v) is 16.4. The monoisotopic (exact) mass is 413 g/mol. The van der Waals surface area contributed by atoms with Crippen LogP contribution in [-0.4, -0.2) is 26.6 Å². The Balaban J connectivity index is 1.50. The molecule has 30 heavy (non-hydrogen) atoms. The highest BCUT2D eigenvalue weighted by molar-refractivity contribution is 7.99. The van der Waals surface area contributed by atoms with Gasteiger partial charge < -0.3 is 10.3 Å². The highest BCUT2D eigenvalue weighted by atomic mass is 32.2. The number of aromatic nitrogens is 3. The van der Waals surface area contributed by atoms with Gasteiger partial charge in [-0.3, -0.25) is 14.6 Å². The predicted molar refractivity (Wildman–Crippen MR) is 116 cm³/mol. The van der Waals surface area contributed by atoms with Gasteiger partial charge in [-0.15, -0.1) is 0 Å². The van der Waals surface area contributed by atoms with E-state index in [1.165, 1.54) is 6.20 Å². The molecule has 0 aliphatic rings. The number of benzene rings is 2. The van der Waals surface area contributed by atoms with E-state index in [1.807, 2.05) is 48.5 Å². The van der Waals surface area contributed by atoms with E-state index in [0.29, 0.717) is 11.3 Å². The summed E-state index contributed by atoms with van der Waals surface area (Å²) in [6, 6.07) is 18.9. The van der Waals surface area contributed by atoms with Gasteiger partial charge >= 0.3 is 0 Å². The Morgan fingerprint density at radius 1 is 1.13 bits per heavy atom. The number of rotatable bonds is 5. The number of aromatic amines is 1. The van der Waals surface area contributed by atoms with Crippen molar-refractivity contribution in [2.45, 2.75) is 5.16 Å². The largest absolute Gasteiger partial charge is 0.325 e. The minimum atomic E-state index is -0.552. The van der Waals surface area contributed by atoms with Crippen LogP contribution in [0.25, 0.3) is 22.0 Å². The number of nitrogens with zero attached hydrogens (tertiary/aromatic N) is 3. The minimum absolute atomic E-state index is 0.0497. The van der Waals surface area contributed by atoms with E-state index in [0.717, 1.165) is 22.5 Å². The molecule has 0 saturated carbocycles. The van der Waals surface area contributed by atoms with Crippen LogP contribution in [0.2, 0.25) is 0 Å². The lowest BCUT2D eigenvalue weighted by molar-refractivity contribution is -0.113. The smallest absolute Gasteiger partial charge is 0.270 e. The molecule has 0 unspecified atom stereocenters. The van der Waals surface area contributed by atoms with E-state index in [4.69, 9.17) is 0 Å². The molecule has 0 atom stereocenters. The van der Waals surface area contributed by atoms with E-state index in [2.05, 4.69) is 20.3 Å². The van der Waals surface area contributed by atoms with E-state index < -0.39 is 5.56 Å². The summed E-state index contributed by atoms with van der Waals surface area (Å²) in [4.78, 5) is 35.6. The third-order valence-corrected chi connectivity index (χ3v) is 5.19. The van der Waals surface area contributed by atoms with Crippen molar-refractivity contribution in [2.75, 3.05) is 11.1 Å². The van der Waals surface area contributed by atoms with Crippen LogP contribution in [0.3, 0.4) is 0 Å². The lowest BCUT2D eigenvalue weighted by Crippen LogP contribution is -2.17. The number of anilines is 1. The second kappa shape index (κ2) is 8.59. The van der Waals surface area contributed by atoms with E-state index in [-0.39, 0.29) is 28.1 Å². The molecule has 2 N–H and O–H groups in total. The zero-order valence-electron chi connectivity index (χ0n) is 15.6. The minimum Gasteiger partial charge on any atom is -0.325 e. The molecule has 2 aromatic carbocycles. The number of amides is 1. The molecule has 4 rings (SSSR count). The normalized spacial score (nSPS) is 10.5. The summed E-state index contributed by atoms with van der Waals surface area (Å²) in [6.45, 7) is 0. The molecule has 1 amide bonds. The maximum atomic E-state index is 12.4. The molecule has 8 heteroatoms. The standard InChI is InChI=1S/C22H15N5O2S/c23-11-18-20(16-6-3-9-24-12-16)26-22(27-21(18)29)30-13-19(28)25-17-8-7-14-4-1-2-5-15(14)10-17/h1-10,12H,13H2,(H,25,28)(H,26,27,29). The topological polar surface area (TPSA) is 112 Å². The van der Waals surface area contributed by atoms with Gasteiger partial charge in [0.25, 0.3) is 5.56 Å². The fourth-order valence-electron chi connectivity index (χ4n) is 2.93. The molecule has 0 fully saturated rings. The SMILES string of the molecule is N#Cc1c(-c2cccnc2)nc(SCC(=O)Nc2ccc3ccccc3c2)[nH]c1=O. The number of nitrogens with one attached hydrogen (secondary N) is 2. The van der Waals surface area contributed by atoms with Crippen molar-refractivity contribution in [3.8, 4) is 17.3 Å². The molecular weight excluding hydrogens is 398 g/mol. The Hall–Kier alpha value is -3.96. The maximum absolute atomic E-state index is 12.4. The molecular formula is C22H15N5O2S. The molecule has 146 valence electrons. The molecule has 0 spiro atoms. The van der Waals surface area contributed by atoms with Crippen LogP contribution < -0.4 is 10.9 Å². The first-order chi connectivity index (χ1) is 14.6. The lowest BCUT2D eigenvalue weighted by Gasteiger charge is -2.08. The Morgan fingerprint density at radius 3 is 2.73 bits per heavy atom. The van der Waals surface area contributed by atoms with Crippen molar-refractivity contribution >= 4 is 34.1 Å². The average Bonchev–Trinajstić information content (AvgIpc) is 2.78. The summed E-state index contributed by atoms with van der Waals surface area (Å²) >= 11 is 1.09. The molecule has 2 heterocycles. The third kappa shape index (κ3) is 4.21. The fraction of sp³-hybridized carbons (Fsp3) is 0.0455. The number of nitriles is 1. The van der Waals surface area contributed by atoms with E-state index >= 15 is 0 Å². The highest BCUT2D eigenvalue weighted by Gasteiger charge is 2.14. The number of H-pyrrole nitrogens is 1. The van der Waals surface area contributed by atoms with Crippen LogP contribution >= 0.6 is 11.8 Å². The molecule has 4 aromatic rings. The van der Waals surface area contributed by atoms with Crippen molar-refractivity contribution in [1.82, 2.24) is 15.0 Å². The third-order valence-electron chi connectivity index (χ3n) is 4.32. The van der Waals surface area contributed by atoms with Crippen LogP contribution in [0.4, 0.5) is 5.69 Å². The second-order valence-corrected chi connectivity index (χ2v) is 7.31. The first-order valence-corrected chi connectivity index (χ1v) is 9.99. The van der Waals surface area contributed by atoms with Gasteiger partial charge in [-0.05, 0) is 35.0 Å². The van der Waals surface area contributed by atoms with Crippen LogP contribution in [0.15, 0.2) is 76.9 Å². The van der Waals surface area contributed by atoms with Crippen molar-refractivity contribution in [2.24, 2.45) is 0 Å². The van der Waals surface area contributed by atoms with Gasteiger partial charge in [-0.25, -0.2) is 4.98 Å². The van der Waals surface area contributed by atoms with E-state index in [1.54, 1.807) is 18.3 Å². The summed E-state index contributed by atoms with van der Waals surface area (Å²) in [5, 5.41) is 14.5. The second-order valence-electron chi connectivity index (χ2n) is 6.35. The predicted octanol–water partition coefficient (Wildman–Crippen LogP) is 3.59. The van der Waals surface area contributed by atoms with Crippen LogP contribution in [-0.2, 0) is 4.79 Å². The van der Waals surface area contributed by atoms with Gasteiger partial charge in [-0.1, -0.05) is 42.1 Å².